The molecular formula is C16H18N6O3S. The van der Waals surface area contributed by atoms with Crippen LogP contribution in [0, 0.1) is 0 Å². The predicted molar refractivity (Wildman–Crippen MR) is 99.3 cm³/mol. The summed E-state index contributed by atoms with van der Waals surface area (Å²) in [6, 6.07) is 4.49. The number of rotatable bonds is 6. The second-order valence-corrected chi connectivity index (χ2v) is 6.57. The number of nitrogen functional groups attached to an aromatic ring is 1. The van der Waals surface area contributed by atoms with Crippen molar-refractivity contribution in [2.75, 3.05) is 18.2 Å². The highest BCUT2D eigenvalue weighted by molar-refractivity contribution is 8.00. The highest BCUT2D eigenvalue weighted by atomic mass is 32.2. The number of nitrogens with two attached hydrogens (primary N) is 1. The molecule has 0 unspecified atom stereocenters. The number of aromatic hydroxyl groups is 1. The van der Waals surface area contributed by atoms with Crippen molar-refractivity contribution in [1.82, 2.24) is 19.9 Å². The van der Waals surface area contributed by atoms with Crippen molar-refractivity contribution in [2.45, 2.75) is 23.6 Å². The number of benzene rings is 1. The first-order valence-corrected chi connectivity index (χ1v) is 8.71. The average molecular weight is 374 g/mol. The number of anilines is 2. The van der Waals surface area contributed by atoms with Gasteiger partial charge in [-0.05, 0) is 18.6 Å². The first-order valence-electron chi connectivity index (χ1n) is 7.83. The van der Waals surface area contributed by atoms with Gasteiger partial charge in [-0.3, -0.25) is 4.79 Å². The molecule has 1 atom stereocenters. The summed E-state index contributed by atoms with van der Waals surface area (Å²) in [4.78, 5) is 28.0. The van der Waals surface area contributed by atoms with Crippen LogP contribution in [0.3, 0.4) is 0 Å². The van der Waals surface area contributed by atoms with Crippen LogP contribution in [0.25, 0.3) is 11.2 Å². The molecule has 26 heavy (non-hydrogen) atoms. The molecule has 0 bridgehead atoms. The van der Waals surface area contributed by atoms with E-state index in [0.29, 0.717) is 34.0 Å². The van der Waals surface area contributed by atoms with Gasteiger partial charge in [0.05, 0.1) is 24.4 Å². The standard InChI is InChI=1S/C16H18N6O3S/c1-3-11(14(24)20-9-5-4-8(23)6-10(9)25-2)26-15-12-13(19-7-18-12)21-16(17)22-15/h4-7,11,23H,3H2,1-2H3,(H,20,24)(H3,17,18,19,21,22)/t11-/m1/s1. The summed E-state index contributed by atoms with van der Waals surface area (Å²) in [6.45, 7) is 1.90. The lowest BCUT2D eigenvalue weighted by atomic mass is 10.2. The van der Waals surface area contributed by atoms with Gasteiger partial charge < -0.3 is 25.9 Å². The predicted octanol–water partition coefficient (Wildman–Crippen LogP) is 2.16. The van der Waals surface area contributed by atoms with E-state index in [4.69, 9.17) is 10.5 Å². The maximum absolute atomic E-state index is 12.7. The van der Waals surface area contributed by atoms with Crippen molar-refractivity contribution in [2.24, 2.45) is 0 Å². The highest BCUT2D eigenvalue weighted by Crippen LogP contribution is 2.32. The number of H-pyrrole nitrogens is 1. The summed E-state index contributed by atoms with van der Waals surface area (Å²) in [5.74, 6) is 0.314. The molecule has 1 amide bonds. The fraction of sp³-hybridized carbons (Fsp3) is 0.250. The average Bonchev–Trinajstić information content (AvgIpc) is 3.09. The van der Waals surface area contributed by atoms with Gasteiger partial charge in [-0.15, -0.1) is 0 Å². The number of hydrogen-bond acceptors (Lipinski definition) is 8. The van der Waals surface area contributed by atoms with Crippen LogP contribution < -0.4 is 15.8 Å². The van der Waals surface area contributed by atoms with Crippen LogP contribution in [-0.2, 0) is 4.79 Å². The molecule has 10 heteroatoms. The topological polar surface area (TPSA) is 139 Å². The normalized spacial score (nSPS) is 12.1. The van der Waals surface area contributed by atoms with E-state index >= 15 is 0 Å². The van der Waals surface area contributed by atoms with Gasteiger partial charge in [0.15, 0.2) is 5.65 Å². The quantitative estimate of drug-likeness (QED) is 0.292. The summed E-state index contributed by atoms with van der Waals surface area (Å²) in [6.07, 6.45) is 2.07. The van der Waals surface area contributed by atoms with Crippen LogP contribution in [0.15, 0.2) is 29.6 Å². The first-order chi connectivity index (χ1) is 12.5. The van der Waals surface area contributed by atoms with E-state index in [0.717, 1.165) is 0 Å². The van der Waals surface area contributed by atoms with Crippen LogP contribution in [0.5, 0.6) is 11.5 Å². The molecule has 5 N–H and O–H groups in total. The van der Waals surface area contributed by atoms with Gasteiger partial charge >= 0.3 is 0 Å². The molecule has 136 valence electrons. The van der Waals surface area contributed by atoms with Crippen molar-refractivity contribution in [1.29, 1.82) is 0 Å². The Labute approximate surface area is 153 Å². The fourth-order valence-corrected chi connectivity index (χ4v) is 3.38. The minimum Gasteiger partial charge on any atom is -0.508 e. The summed E-state index contributed by atoms with van der Waals surface area (Å²) in [5.41, 5.74) is 7.29. The Hall–Kier alpha value is -3.01. The molecule has 0 aliphatic rings. The summed E-state index contributed by atoms with van der Waals surface area (Å²) >= 11 is 1.28. The smallest absolute Gasteiger partial charge is 0.238 e. The van der Waals surface area contributed by atoms with Crippen molar-refractivity contribution in [3.05, 3.63) is 24.5 Å². The number of carbonyl (C=O) groups excluding carboxylic acids is 1. The second kappa shape index (κ2) is 7.48. The maximum atomic E-state index is 12.7. The van der Waals surface area contributed by atoms with Gasteiger partial charge in [-0.2, -0.15) is 4.98 Å². The lowest BCUT2D eigenvalue weighted by Crippen LogP contribution is -2.25. The third-order valence-electron chi connectivity index (χ3n) is 3.63. The Morgan fingerprint density at radius 3 is 3.00 bits per heavy atom. The molecule has 0 fully saturated rings. The lowest BCUT2D eigenvalue weighted by Gasteiger charge is -2.16. The van der Waals surface area contributed by atoms with Gasteiger partial charge in [-0.25, -0.2) is 9.97 Å². The van der Waals surface area contributed by atoms with Gasteiger partial charge in [0.2, 0.25) is 11.9 Å². The Morgan fingerprint density at radius 1 is 1.46 bits per heavy atom. The lowest BCUT2D eigenvalue weighted by molar-refractivity contribution is -0.115. The van der Waals surface area contributed by atoms with E-state index < -0.39 is 5.25 Å². The van der Waals surface area contributed by atoms with Crippen molar-refractivity contribution in [3.8, 4) is 11.5 Å². The number of amides is 1. The number of methoxy groups -OCH3 is 1. The van der Waals surface area contributed by atoms with E-state index in [1.54, 1.807) is 6.07 Å². The van der Waals surface area contributed by atoms with Crippen molar-refractivity contribution in [3.63, 3.8) is 0 Å². The number of phenolic OH excluding ortho intramolecular Hbond substituents is 1. The van der Waals surface area contributed by atoms with Gasteiger partial charge in [0.1, 0.15) is 22.0 Å². The van der Waals surface area contributed by atoms with Gasteiger partial charge in [-0.1, -0.05) is 18.7 Å². The molecule has 9 nitrogen and oxygen atoms in total. The molecule has 0 aliphatic carbocycles. The highest BCUT2D eigenvalue weighted by Gasteiger charge is 2.22. The number of imidazole rings is 1. The number of nitrogens with one attached hydrogen (secondary N) is 2. The molecule has 2 aromatic heterocycles. The molecule has 2 heterocycles. The number of phenols is 1. The minimum absolute atomic E-state index is 0.0550. The van der Waals surface area contributed by atoms with E-state index in [-0.39, 0.29) is 17.6 Å². The third kappa shape index (κ3) is 3.64. The summed E-state index contributed by atoms with van der Waals surface area (Å²) in [5, 5.41) is 12.5. The Balaban J connectivity index is 1.82. The molecule has 0 aliphatic heterocycles. The zero-order valence-electron chi connectivity index (χ0n) is 14.2. The van der Waals surface area contributed by atoms with E-state index in [9.17, 15) is 9.90 Å². The molecule has 0 saturated carbocycles. The number of thioether (sulfide) groups is 1. The van der Waals surface area contributed by atoms with E-state index in [2.05, 4.69) is 25.3 Å². The largest absolute Gasteiger partial charge is 0.508 e. The Morgan fingerprint density at radius 2 is 2.27 bits per heavy atom. The van der Waals surface area contributed by atoms with E-state index in [1.807, 2.05) is 6.92 Å². The Bertz CT molecular complexity index is 945. The molecular weight excluding hydrogens is 356 g/mol. The number of nitrogens with zero attached hydrogens (tertiary/aromatic N) is 3. The summed E-state index contributed by atoms with van der Waals surface area (Å²) in [7, 11) is 1.47. The molecule has 0 spiro atoms. The fourth-order valence-electron chi connectivity index (χ4n) is 2.36. The Kier molecular flexibility index (Phi) is 5.12. The van der Waals surface area contributed by atoms with Crippen LogP contribution in [0.4, 0.5) is 11.6 Å². The van der Waals surface area contributed by atoms with Gasteiger partial charge in [0.25, 0.3) is 0 Å². The molecule has 0 radical (unpaired) electrons. The minimum atomic E-state index is -0.422. The van der Waals surface area contributed by atoms with Crippen molar-refractivity contribution >= 4 is 40.5 Å². The van der Waals surface area contributed by atoms with Crippen LogP contribution in [0.1, 0.15) is 13.3 Å². The van der Waals surface area contributed by atoms with Crippen LogP contribution in [0.2, 0.25) is 0 Å². The van der Waals surface area contributed by atoms with Crippen LogP contribution >= 0.6 is 11.8 Å². The monoisotopic (exact) mass is 374 g/mol. The molecule has 3 aromatic rings. The number of aromatic nitrogens is 4. The molecule has 1 aromatic carbocycles. The molecule has 3 rings (SSSR count). The zero-order chi connectivity index (χ0) is 18.7. The SMILES string of the molecule is CC[C@@H](Sc1nc(N)nc2nc[nH]c12)C(=O)Nc1ccc(O)cc1OC. The number of hydrogen-bond donors (Lipinski definition) is 4. The van der Waals surface area contributed by atoms with E-state index in [1.165, 1.54) is 37.3 Å². The number of aromatic amines is 1. The maximum Gasteiger partial charge on any atom is 0.238 e. The second-order valence-electron chi connectivity index (χ2n) is 5.38. The first kappa shape index (κ1) is 17.8. The zero-order valence-corrected chi connectivity index (χ0v) is 15.0. The molecule has 0 saturated heterocycles. The number of fused-ring (bicyclic) bond motifs is 1. The number of ether oxygens (including phenoxy) is 1. The third-order valence-corrected chi connectivity index (χ3v) is 4.98. The van der Waals surface area contributed by atoms with Crippen molar-refractivity contribution < 1.29 is 14.6 Å². The van der Waals surface area contributed by atoms with Crippen LogP contribution in [-0.4, -0.2) is 43.3 Å². The summed E-state index contributed by atoms with van der Waals surface area (Å²) < 4.78 is 5.19. The van der Waals surface area contributed by atoms with Gasteiger partial charge in [0, 0.05) is 6.07 Å². The number of carbonyl (C=O) groups is 1.